The molecule has 0 radical (unpaired) electrons. The highest BCUT2D eigenvalue weighted by atomic mass is 16.1. The van der Waals surface area contributed by atoms with Crippen molar-refractivity contribution in [1.82, 2.24) is 10.6 Å². The molecule has 2 aliphatic rings. The minimum atomic E-state index is -0.345. The van der Waals surface area contributed by atoms with Crippen LogP contribution in [0.5, 0.6) is 0 Å². The average Bonchev–Trinajstić information content (AvgIpc) is 2.30. The first-order valence-electron chi connectivity index (χ1n) is 5.11. The fourth-order valence-electron chi connectivity index (χ4n) is 1.78. The van der Waals surface area contributed by atoms with Gasteiger partial charge in [-0.05, 0) is 30.2 Å². The van der Waals surface area contributed by atoms with E-state index in [-0.39, 0.29) is 5.91 Å². The lowest BCUT2D eigenvalue weighted by molar-refractivity contribution is -0.114. The van der Waals surface area contributed by atoms with Crippen molar-refractivity contribution in [2.24, 2.45) is 5.73 Å². The van der Waals surface area contributed by atoms with Crippen LogP contribution in [0.25, 0.3) is 0 Å². The highest BCUT2D eigenvalue weighted by Crippen LogP contribution is 2.19. The van der Waals surface area contributed by atoms with Gasteiger partial charge < -0.3 is 16.4 Å². The Kier molecular flexibility index (Phi) is 2.87. The van der Waals surface area contributed by atoms with Gasteiger partial charge in [0.25, 0.3) is 0 Å². The van der Waals surface area contributed by atoms with Gasteiger partial charge in [-0.3, -0.25) is 4.79 Å². The van der Waals surface area contributed by atoms with Gasteiger partial charge in [-0.2, -0.15) is 0 Å². The van der Waals surface area contributed by atoms with Gasteiger partial charge in [-0.1, -0.05) is 6.08 Å². The summed E-state index contributed by atoms with van der Waals surface area (Å²) >= 11 is 0. The van der Waals surface area contributed by atoms with Crippen LogP contribution in [-0.2, 0) is 4.79 Å². The van der Waals surface area contributed by atoms with Crippen LogP contribution in [-0.4, -0.2) is 25.5 Å². The number of rotatable bonds is 2. The molecule has 4 N–H and O–H groups in total. The quantitative estimate of drug-likeness (QED) is 0.585. The maximum atomic E-state index is 11.0. The summed E-state index contributed by atoms with van der Waals surface area (Å²) in [6.45, 7) is 2.42. The van der Waals surface area contributed by atoms with E-state index >= 15 is 0 Å². The fourth-order valence-corrected chi connectivity index (χ4v) is 1.78. The van der Waals surface area contributed by atoms with Gasteiger partial charge in [0.05, 0.1) is 0 Å². The number of nitrogens with two attached hydrogens (primary N) is 1. The van der Waals surface area contributed by atoms with Crippen LogP contribution < -0.4 is 16.4 Å². The summed E-state index contributed by atoms with van der Waals surface area (Å²) in [5.74, 6) is -0.345. The van der Waals surface area contributed by atoms with Gasteiger partial charge in [0.2, 0.25) is 5.91 Å². The summed E-state index contributed by atoms with van der Waals surface area (Å²) in [6, 6.07) is 0. The zero-order valence-corrected chi connectivity index (χ0v) is 8.55. The molecule has 0 saturated heterocycles. The number of hydrogen-bond donors (Lipinski definition) is 3. The summed E-state index contributed by atoms with van der Waals surface area (Å²) in [5.41, 5.74) is 8.26. The van der Waals surface area contributed by atoms with E-state index in [1.807, 2.05) is 12.3 Å². The van der Waals surface area contributed by atoms with Gasteiger partial charge in [0.15, 0.2) is 0 Å². The van der Waals surface area contributed by atoms with Gasteiger partial charge in [-0.25, -0.2) is 0 Å². The van der Waals surface area contributed by atoms with E-state index in [1.165, 1.54) is 5.57 Å². The molecule has 1 amide bonds. The Morgan fingerprint density at radius 1 is 1.47 bits per heavy atom. The van der Waals surface area contributed by atoms with Crippen LogP contribution in [0.4, 0.5) is 0 Å². The third-order valence-corrected chi connectivity index (χ3v) is 2.63. The van der Waals surface area contributed by atoms with Crippen molar-refractivity contribution in [3.63, 3.8) is 0 Å². The van der Waals surface area contributed by atoms with Crippen molar-refractivity contribution < 1.29 is 4.79 Å². The molecule has 0 bridgehead atoms. The van der Waals surface area contributed by atoms with Crippen molar-refractivity contribution in [2.45, 2.75) is 6.42 Å². The molecule has 0 aliphatic carbocycles. The highest BCUT2D eigenvalue weighted by molar-refractivity contribution is 5.93. The first kappa shape index (κ1) is 9.98. The lowest BCUT2D eigenvalue weighted by Gasteiger charge is -2.19. The van der Waals surface area contributed by atoms with E-state index < -0.39 is 0 Å². The minimum absolute atomic E-state index is 0.345. The number of primary amides is 1. The molecule has 0 aromatic heterocycles. The molecule has 2 heterocycles. The van der Waals surface area contributed by atoms with Crippen LogP contribution in [0.15, 0.2) is 35.1 Å². The SMILES string of the molecule is NC(=O)C1=CC(C2=CCNCC2)=CNC1. The molecule has 0 unspecified atom stereocenters. The zero-order chi connectivity index (χ0) is 10.7. The number of carbonyl (C=O) groups is 1. The largest absolute Gasteiger partial charge is 0.386 e. The Labute approximate surface area is 88.9 Å². The molecule has 15 heavy (non-hydrogen) atoms. The molecule has 0 spiro atoms. The normalized spacial score (nSPS) is 20.9. The van der Waals surface area contributed by atoms with E-state index in [1.54, 1.807) is 0 Å². The van der Waals surface area contributed by atoms with Crippen molar-refractivity contribution in [3.05, 3.63) is 35.1 Å². The van der Waals surface area contributed by atoms with E-state index in [0.29, 0.717) is 12.1 Å². The molecule has 2 aliphatic heterocycles. The summed E-state index contributed by atoms with van der Waals surface area (Å²) in [4.78, 5) is 11.0. The van der Waals surface area contributed by atoms with E-state index in [2.05, 4.69) is 16.7 Å². The smallest absolute Gasteiger partial charge is 0.246 e. The Bertz CT molecular complexity index is 366. The molecule has 2 rings (SSSR count). The van der Waals surface area contributed by atoms with E-state index in [9.17, 15) is 4.79 Å². The Balaban J connectivity index is 2.19. The second-order valence-corrected chi connectivity index (χ2v) is 3.70. The van der Waals surface area contributed by atoms with E-state index in [4.69, 9.17) is 5.73 Å². The lowest BCUT2D eigenvalue weighted by atomic mass is 9.97. The topological polar surface area (TPSA) is 67.2 Å². The van der Waals surface area contributed by atoms with Crippen molar-refractivity contribution in [3.8, 4) is 0 Å². The van der Waals surface area contributed by atoms with Crippen LogP contribution in [0.2, 0.25) is 0 Å². The number of dihydropyridines is 1. The van der Waals surface area contributed by atoms with Crippen LogP contribution in [0.1, 0.15) is 6.42 Å². The Morgan fingerprint density at radius 2 is 2.33 bits per heavy atom. The van der Waals surface area contributed by atoms with Gasteiger partial charge in [0, 0.05) is 24.9 Å². The summed E-state index contributed by atoms with van der Waals surface area (Å²) in [5, 5.41) is 6.32. The average molecular weight is 205 g/mol. The Hall–Kier alpha value is -1.55. The predicted molar refractivity (Wildman–Crippen MR) is 58.9 cm³/mol. The molecule has 0 fully saturated rings. The number of nitrogens with one attached hydrogen (secondary N) is 2. The lowest BCUT2D eigenvalue weighted by Crippen LogP contribution is -2.27. The van der Waals surface area contributed by atoms with Crippen LogP contribution in [0.3, 0.4) is 0 Å². The number of amides is 1. The first-order valence-corrected chi connectivity index (χ1v) is 5.11. The van der Waals surface area contributed by atoms with E-state index in [0.717, 1.165) is 25.1 Å². The summed E-state index contributed by atoms with van der Waals surface area (Å²) < 4.78 is 0. The number of carbonyl (C=O) groups excluding carboxylic acids is 1. The third kappa shape index (κ3) is 2.27. The van der Waals surface area contributed by atoms with Crippen molar-refractivity contribution in [2.75, 3.05) is 19.6 Å². The molecule has 4 heteroatoms. The molecule has 0 aromatic rings. The Morgan fingerprint density at radius 3 is 3.00 bits per heavy atom. The second-order valence-electron chi connectivity index (χ2n) is 3.70. The van der Waals surface area contributed by atoms with Gasteiger partial charge in [0.1, 0.15) is 0 Å². The molecule has 0 saturated carbocycles. The molecule has 0 atom stereocenters. The van der Waals surface area contributed by atoms with Crippen LogP contribution in [0, 0.1) is 0 Å². The standard InChI is InChI=1S/C11H15N3O/c12-11(15)10-5-9(6-14-7-10)8-1-3-13-4-2-8/h1,5-6,13-14H,2-4,7H2,(H2,12,15). The molecule has 4 nitrogen and oxygen atoms in total. The molecule has 0 aromatic carbocycles. The van der Waals surface area contributed by atoms with Crippen LogP contribution >= 0.6 is 0 Å². The third-order valence-electron chi connectivity index (χ3n) is 2.63. The summed E-state index contributed by atoms with van der Waals surface area (Å²) in [7, 11) is 0. The maximum absolute atomic E-state index is 11.0. The monoisotopic (exact) mass is 205 g/mol. The van der Waals surface area contributed by atoms with Crippen molar-refractivity contribution in [1.29, 1.82) is 0 Å². The highest BCUT2D eigenvalue weighted by Gasteiger charge is 2.13. The van der Waals surface area contributed by atoms with Gasteiger partial charge >= 0.3 is 0 Å². The van der Waals surface area contributed by atoms with Gasteiger partial charge in [-0.15, -0.1) is 0 Å². The second kappa shape index (κ2) is 4.31. The maximum Gasteiger partial charge on any atom is 0.246 e. The molecular formula is C11H15N3O. The predicted octanol–water partition coefficient (Wildman–Crippen LogP) is -0.195. The van der Waals surface area contributed by atoms with Crippen molar-refractivity contribution >= 4 is 5.91 Å². The minimum Gasteiger partial charge on any atom is -0.386 e. The first-order chi connectivity index (χ1) is 7.27. The molecular weight excluding hydrogens is 190 g/mol. The summed E-state index contributed by atoms with van der Waals surface area (Å²) in [6.07, 6.45) is 6.98. The molecule has 80 valence electrons. The number of allylic oxidation sites excluding steroid dienone is 2. The number of hydrogen-bond acceptors (Lipinski definition) is 3. The fraction of sp³-hybridized carbons (Fsp3) is 0.364. The zero-order valence-electron chi connectivity index (χ0n) is 8.55.